The van der Waals surface area contributed by atoms with Crippen molar-refractivity contribution >= 4 is 27.7 Å². The molecule has 90 valence electrons. The fourth-order valence-electron chi connectivity index (χ4n) is 1.36. The fraction of sp³-hybridized carbons (Fsp3) is 0.300. The molecule has 1 unspecified atom stereocenters. The summed E-state index contributed by atoms with van der Waals surface area (Å²) >= 11 is 2.75. The van der Waals surface area contributed by atoms with Gasteiger partial charge in [-0.15, -0.1) is 11.3 Å². The molecule has 0 aliphatic rings. The van der Waals surface area contributed by atoms with E-state index in [1.807, 2.05) is 12.3 Å². The summed E-state index contributed by atoms with van der Waals surface area (Å²) in [6.07, 6.45) is 1.77. The van der Waals surface area contributed by atoms with Gasteiger partial charge in [0.1, 0.15) is 5.01 Å². The van der Waals surface area contributed by atoms with Crippen molar-refractivity contribution in [2.75, 3.05) is 0 Å². The molecule has 0 spiro atoms. The van der Waals surface area contributed by atoms with E-state index in [9.17, 15) is 10.1 Å². The number of hydrogen-bond donors (Lipinski definition) is 1. The van der Waals surface area contributed by atoms with E-state index in [-0.39, 0.29) is 16.0 Å². The quantitative estimate of drug-likeness (QED) is 0.669. The lowest BCUT2D eigenvalue weighted by molar-refractivity contribution is -0.380. The molecular weight excluding hydrogens is 258 g/mol. The van der Waals surface area contributed by atoms with Crippen molar-refractivity contribution < 1.29 is 4.92 Å². The van der Waals surface area contributed by atoms with Crippen LogP contribution in [0.3, 0.4) is 0 Å². The van der Waals surface area contributed by atoms with Gasteiger partial charge in [0, 0.05) is 29.6 Å². The maximum absolute atomic E-state index is 10.5. The molecule has 0 radical (unpaired) electrons. The molecule has 0 bridgehead atoms. The standard InChI is InChI=1S/C10H11N3O2S2/c1-7(10-11-2-3-16-10)12-5-8-4-9(13(14)15)17-6-8/h2-4,6-7,12H,5H2,1H3. The molecule has 2 heterocycles. The monoisotopic (exact) mass is 269 g/mol. The summed E-state index contributed by atoms with van der Waals surface area (Å²) in [7, 11) is 0. The highest BCUT2D eigenvalue weighted by molar-refractivity contribution is 7.13. The second-order valence-electron chi connectivity index (χ2n) is 3.52. The Balaban J connectivity index is 1.91. The van der Waals surface area contributed by atoms with Gasteiger partial charge < -0.3 is 5.32 Å². The van der Waals surface area contributed by atoms with Gasteiger partial charge in [-0.25, -0.2) is 4.98 Å². The number of thiazole rings is 1. The van der Waals surface area contributed by atoms with Gasteiger partial charge in [0.15, 0.2) is 0 Å². The predicted octanol–water partition coefficient (Wildman–Crippen LogP) is 2.96. The molecule has 1 N–H and O–H groups in total. The number of nitrogens with one attached hydrogen (secondary N) is 1. The number of thiophene rings is 1. The van der Waals surface area contributed by atoms with Crippen LogP contribution in [0.1, 0.15) is 23.5 Å². The zero-order chi connectivity index (χ0) is 12.3. The Morgan fingerprint density at radius 3 is 3.00 bits per heavy atom. The van der Waals surface area contributed by atoms with E-state index < -0.39 is 0 Å². The second kappa shape index (κ2) is 5.35. The molecule has 0 saturated carbocycles. The van der Waals surface area contributed by atoms with Crippen molar-refractivity contribution in [3.05, 3.63) is 43.7 Å². The van der Waals surface area contributed by atoms with Crippen molar-refractivity contribution in [1.29, 1.82) is 0 Å². The highest BCUT2D eigenvalue weighted by atomic mass is 32.1. The first-order valence-corrected chi connectivity index (χ1v) is 6.77. The molecule has 2 aromatic heterocycles. The number of aromatic nitrogens is 1. The first kappa shape index (κ1) is 12.2. The maximum atomic E-state index is 10.5. The summed E-state index contributed by atoms with van der Waals surface area (Å²) < 4.78 is 0. The van der Waals surface area contributed by atoms with Crippen molar-refractivity contribution in [3.8, 4) is 0 Å². The van der Waals surface area contributed by atoms with Crippen molar-refractivity contribution in [3.63, 3.8) is 0 Å². The lowest BCUT2D eigenvalue weighted by Crippen LogP contribution is -2.17. The molecule has 0 aliphatic carbocycles. The van der Waals surface area contributed by atoms with E-state index in [4.69, 9.17) is 0 Å². The van der Waals surface area contributed by atoms with E-state index in [1.165, 1.54) is 0 Å². The third-order valence-corrected chi connectivity index (χ3v) is 4.14. The van der Waals surface area contributed by atoms with Gasteiger partial charge in [-0.1, -0.05) is 11.3 Å². The van der Waals surface area contributed by atoms with Crippen LogP contribution in [0, 0.1) is 10.1 Å². The molecule has 0 fully saturated rings. The van der Waals surface area contributed by atoms with E-state index in [0.29, 0.717) is 6.54 Å². The van der Waals surface area contributed by atoms with E-state index in [0.717, 1.165) is 21.9 Å². The largest absolute Gasteiger partial charge is 0.324 e. The Kier molecular flexibility index (Phi) is 3.82. The molecule has 7 heteroatoms. The predicted molar refractivity (Wildman–Crippen MR) is 68.3 cm³/mol. The zero-order valence-electron chi connectivity index (χ0n) is 9.12. The maximum Gasteiger partial charge on any atom is 0.324 e. The summed E-state index contributed by atoms with van der Waals surface area (Å²) in [5, 5.41) is 18.8. The summed E-state index contributed by atoms with van der Waals surface area (Å²) in [4.78, 5) is 14.4. The van der Waals surface area contributed by atoms with Crippen LogP contribution >= 0.6 is 22.7 Å². The van der Waals surface area contributed by atoms with E-state index >= 15 is 0 Å². The van der Waals surface area contributed by atoms with Crippen LogP contribution in [0.25, 0.3) is 0 Å². The Hall–Kier alpha value is -1.31. The lowest BCUT2D eigenvalue weighted by atomic mass is 10.3. The van der Waals surface area contributed by atoms with Gasteiger partial charge in [-0.05, 0) is 12.5 Å². The third kappa shape index (κ3) is 3.09. The molecule has 5 nitrogen and oxygen atoms in total. The van der Waals surface area contributed by atoms with Crippen LogP contribution in [0.2, 0.25) is 0 Å². The van der Waals surface area contributed by atoms with Crippen LogP contribution in [0.5, 0.6) is 0 Å². The third-order valence-electron chi connectivity index (χ3n) is 2.25. The van der Waals surface area contributed by atoms with Gasteiger partial charge >= 0.3 is 5.00 Å². The van der Waals surface area contributed by atoms with Gasteiger partial charge in [0.2, 0.25) is 0 Å². The SMILES string of the molecule is CC(NCc1csc([N+](=O)[O-])c1)c1nccs1. The topological polar surface area (TPSA) is 68.1 Å². The van der Waals surface area contributed by atoms with Crippen molar-refractivity contribution in [2.45, 2.75) is 19.5 Å². The molecule has 0 aromatic carbocycles. The summed E-state index contributed by atoms with van der Waals surface area (Å²) in [6.45, 7) is 2.64. The van der Waals surface area contributed by atoms with Crippen LogP contribution in [0.15, 0.2) is 23.0 Å². The smallest absolute Gasteiger partial charge is 0.304 e. The van der Waals surface area contributed by atoms with Gasteiger partial charge in [0.05, 0.1) is 11.0 Å². The van der Waals surface area contributed by atoms with Crippen LogP contribution in [-0.2, 0) is 6.54 Å². The van der Waals surface area contributed by atoms with Crippen LogP contribution < -0.4 is 5.32 Å². The minimum absolute atomic E-state index is 0.161. The first-order valence-electron chi connectivity index (χ1n) is 5.01. The molecule has 17 heavy (non-hydrogen) atoms. The molecule has 0 amide bonds. The Labute approximate surface area is 106 Å². The minimum Gasteiger partial charge on any atom is -0.304 e. The van der Waals surface area contributed by atoms with E-state index in [1.54, 1.807) is 29.0 Å². The normalized spacial score (nSPS) is 12.5. The van der Waals surface area contributed by atoms with Crippen molar-refractivity contribution in [2.24, 2.45) is 0 Å². The summed E-state index contributed by atoms with van der Waals surface area (Å²) in [6, 6.07) is 1.76. The van der Waals surface area contributed by atoms with Gasteiger partial charge in [-0.2, -0.15) is 0 Å². The van der Waals surface area contributed by atoms with E-state index in [2.05, 4.69) is 10.3 Å². The number of rotatable bonds is 5. The van der Waals surface area contributed by atoms with Crippen LogP contribution in [-0.4, -0.2) is 9.91 Å². The van der Waals surface area contributed by atoms with Gasteiger partial charge in [0.25, 0.3) is 0 Å². The number of nitrogens with zero attached hydrogens (tertiary/aromatic N) is 2. The molecule has 2 rings (SSSR count). The Morgan fingerprint density at radius 2 is 2.41 bits per heavy atom. The molecule has 1 atom stereocenters. The highest BCUT2D eigenvalue weighted by Crippen LogP contribution is 2.23. The molecule has 0 saturated heterocycles. The van der Waals surface area contributed by atoms with Gasteiger partial charge in [-0.3, -0.25) is 10.1 Å². The fourth-order valence-corrected chi connectivity index (χ4v) is 2.76. The number of hydrogen-bond acceptors (Lipinski definition) is 6. The van der Waals surface area contributed by atoms with Crippen molar-refractivity contribution in [1.82, 2.24) is 10.3 Å². The lowest BCUT2D eigenvalue weighted by Gasteiger charge is -2.09. The average Bonchev–Trinajstić information content (AvgIpc) is 2.97. The summed E-state index contributed by atoms with van der Waals surface area (Å²) in [5.74, 6) is 0. The minimum atomic E-state index is -0.363. The van der Waals surface area contributed by atoms with Crippen LogP contribution in [0.4, 0.5) is 5.00 Å². The average molecular weight is 269 g/mol. The zero-order valence-corrected chi connectivity index (χ0v) is 10.8. The molecular formula is C10H11N3O2S2. The number of nitro groups is 1. The second-order valence-corrected chi connectivity index (χ2v) is 5.34. The summed E-state index contributed by atoms with van der Waals surface area (Å²) in [5.41, 5.74) is 0.935. The molecule has 2 aromatic rings. The first-order chi connectivity index (χ1) is 8.16. The Morgan fingerprint density at radius 1 is 1.59 bits per heavy atom. The highest BCUT2D eigenvalue weighted by Gasteiger charge is 2.11. The molecule has 0 aliphatic heterocycles. The Bertz CT molecular complexity index is 495.